The van der Waals surface area contributed by atoms with E-state index in [0.29, 0.717) is 6.04 Å². The molecule has 1 fully saturated rings. The highest BCUT2D eigenvalue weighted by Gasteiger charge is 2.30. The minimum atomic E-state index is 0.547. The molecule has 2 aromatic carbocycles. The standard InChI is InChI=1S/C22H29N3/c1-24-12-5-8-20(24)11-13-25-21(14-17-6-3-2-4-7-17)15-18-9-10-19(23)16-22(18)25/h2-4,6-7,9-10,16,20-21H,5,8,11-15,23H2,1H3. The Morgan fingerprint density at radius 1 is 1.08 bits per heavy atom. The zero-order valence-corrected chi connectivity index (χ0v) is 15.2. The fourth-order valence-electron chi connectivity index (χ4n) is 4.59. The molecule has 2 N–H and O–H groups in total. The molecule has 2 heterocycles. The SMILES string of the molecule is CN1CCCC1CCN1c2cc(N)ccc2CC1Cc1ccccc1. The average Bonchev–Trinajstić information content (AvgIpc) is 3.17. The van der Waals surface area contributed by atoms with Crippen molar-refractivity contribution in [1.82, 2.24) is 4.90 Å². The van der Waals surface area contributed by atoms with Crippen molar-refractivity contribution in [2.75, 3.05) is 30.8 Å². The first-order valence-electron chi connectivity index (χ1n) is 9.60. The quantitative estimate of drug-likeness (QED) is 0.845. The van der Waals surface area contributed by atoms with Crippen LogP contribution >= 0.6 is 0 Å². The number of hydrogen-bond donors (Lipinski definition) is 1. The zero-order valence-electron chi connectivity index (χ0n) is 15.2. The maximum Gasteiger partial charge on any atom is 0.0422 e. The minimum Gasteiger partial charge on any atom is -0.399 e. The van der Waals surface area contributed by atoms with Crippen molar-refractivity contribution < 1.29 is 0 Å². The molecule has 0 radical (unpaired) electrons. The van der Waals surface area contributed by atoms with Gasteiger partial charge in [0.25, 0.3) is 0 Å². The van der Waals surface area contributed by atoms with E-state index >= 15 is 0 Å². The van der Waals surface area contributed by atoms with Crippen LogP contribution in [-0.4, -0.2) is 37.1 Å². The molecule has 2 aliphatic rings. The zero-order chi connectivity index (χ0) is 17.2. The summed E-state index contributed by atoms with van der Waals surface area (Å²) in [5, 5.41) is 0. The molecule has 3 nitrogen and oxygen atoms in total. The normalized spacial score (nSPS) is 23.2. The number of benzene rings is 2. The van der Waals surface area contributed by atoms with Crippen LogP contribution in [0.3, 0.4) is 0 Å². The van der Waals surface area contributed by atoms with Gasteiger partial charge in [0, 0.05) is 30.0 Å². The lowest BCUT2D eigenvalue weighted by Gasteiger charge is -2.30. The van der Waals surface area contributed by atoms with Crippen molar-refractivity contribution in [2.24, 2.45) is 0 Å². The van der Waals surface area contributed by atoms with Crippen molar-refractivity contribution in [1.29, 1.82) is 0 Å². The molecule has 0 aromatic heterocycles. The van der Waals surface area contributed by atoms with Crippen LogP contribution in [0.4, 0.5) is 11.4 Å². The summed E-state index contributed by atoms with van der Waals surface area (Å²) >= 11 is 0. The number of nitrogen functional groups attached to an aromatic ring is 1. The lowest BCUT2D eigenvalue weighted by molar-refractivity contribution is 0.296. The van der Waals surface area contributed by atoms with Crippen molar-refractivity contribution in [3.63, 3.8) is 0 Å². The first-order valence-corrected chi connectivity index (χ1v) is 9.60. The molecule has 0 spiro atoms. The summed E-state index contributed by atoms with van der Waals surface area (Å²) in [6.07, 6.45) is 6.17. The summed E-state index contributed by atoms with van der Waals surface area (Å²) in [6.45, 7) is 2.38. The van der Waals surface area contributed by atoms with Gasteiger partial charge in [-0.3, -0.25) is 0 Å². The van der Waals surface area contributed by atoms with Crippen LogP contribution in [0.2, 0.25) is 0 Å². The van der Waals surface area contributed by atoms with Gasteiger partial charge in [0.2, 0.25) is 0 Å². The van der Waals surface area contributed by atoms with Gasteiger partial charge in [-0.15, -0.1) is 0 Å². The number of likely N-dealkylation sites (tertiary alicyclic amines) is 1. The van der Waals surface area contributed by atoms with E-state index in [1.54, 1.807) is 0 Å². The summed E-state index contributed by atoms with van der Waals surface area (Å²) in [7, 11) is 2.27. The number of hydrogen-bond acceptors (Lipinski definition) is 3. The Hall–Kier alpha value is -2.00. The Bertz CT molecular complexity index is 712. The number of anilines is 2. The Balaban J connectivity index is 1.53. The Kier molecular flexibility index (Phi) is 4.67. The topological polar surface area (TPSA) is 32.5 Å². The molecule has 4 rings (SSSR count). The highest BCUT2D eigenvalue weighted by molar-refractivity contribution is 5.65. The van der Waals surface area contributed by atoms with Gasteiger partial charge < -0.3 is 15.5 Å². The van der Waals surface area contributed by atoms with E-state index in [2.05, 4.69) is 59.3 Å². The molecule has 0 aliphatic carbocycles. The smallest absolute Gasteiger partial charge is 0.0422 e. The molecular formula is C22H29N3. The van der Waals surface area contributed by atoms with Crippen molar-refractivity contribution in [3.8, 4) is 0 Å². The van der Waals surface area contributed by atoms with Gasteiger partial charge >= 0.3 is 0 Å². The Morgan fingerprint density at radius 2 is 1.92 bits per heavy atom. The maximum atomic E-state index is 6.10. The lowest BCUT2D eigenvalue weighted by atomic mass is 10.0. The van der Waals surface area contributed by atoms with Crippen molar-refractivity contribution in [3.05, 3.63) is 59.7 Å². The van der Waals surface area contributed by atoms with Gasteiger partial charge in [-0.05, 0) is 69.0 Å². The van der Waals surface area contributed by atoms with Gasteiger partial charge in [0.15, 0.2) is 0 Å². The number of rotatable bonds is 5. The number of nitrogens with zero attached hydrogens (tertiary/aromatic N) is 2. The van der Waals surface area contributed by atoms with Gasteiger partial charge in [-0.2, -0.15) is 0 Å². The molecule has 0 saturated carbocycles. The molecule has 132 valence electrons. The molecule has 2 unspecified atom stereocenters. The van der Waals surface area contributed by atoms with Crippen LogP contribution < -0.4 is 10.6 Å². The van der Waals surface area contributed by atoms with Crippen LogP contribution in [0.1, 0.15) is 30.4 Å². The van der Waals surface area contributed by atoms with E-state index in [0.717, 1.165) is 31.1 Å². The fourth-order valence-corrected chi connectivity index (χ4v) is 4.59. The van der Waals surface area contributed by atoms with E-state index in [1.165, 1.54) is 42.6 Å². The van der Waals surface area contributed by atoms with E-state index in [4.69, 9.17) is 5.73 Å². The molecule has 1 saturated heterocycles. The Morgan fingerprint density at radius 3 is 2.68 bits per heavy atom. The fraction of sp³-hybridized carbons (Fsp3) is 0.455. The van der Waals surface area contributed by atoms with Crippen LogP contribution in [0.15, 0.2) is 48.5 Å². The van der Waals surface area contributed by atoms with E-state index < -0.39 is 0 Å². The third-order valence-corrected chi connectivity index (χ3v) is 6.00. The third-order valence-electron chi connectivity index (χ3n) is 6.00. The van der Waals surface area contributed by atoms with Crippen LogP contribution in [0.5, 0.6) is 0 Å². The molecule has 25 heavy (non-hydrogen) atoms. The predicted octanol–water partition coefficient (Wildman–Crippen LogP) is 3.73. The van der Waals surface area contributed by atoms with Crippen LogP contribution in [0.25, 0.3) is 0 Å². The molecule has 2 aromatic rings. The monoisotopic (exact) mass is 335 g/mol. The molecular weight excluding hydrogens is 306 g/mol. The van der Waals surface area contributed by atoms with Crippen LogP contribution in [-0.2, 0) is 12.8 Å². The van der Waals surface area contributed by atoms with Gasteiger partial charge in [0.1, 0.15) is 0 Å². The first-order chi connectivity index (χ1) is 12.2. The minimum absolute atomic E-state index is 0.547. The second-order valence-electron chi connectivity index (χ2n) is 7.69. The highest BCUT2D eigenvalue weighted by Crippen LogP contribution is 2.36. The molecule has 2 aliphatic heterocycles. The third kappa shape index (κ3) is 3.52. The van der Waals surface area contributed by atoms with Crippen LogP contribution in [0, 0.1) is 0 Å². The molecule has 3 heteroatoms. The maximum absolute atomic E-state index is 6.10. The number of nitrogens with two attached hydrogens (primary N) is 1. The largest absolute Gasteiger partial charge is 0.399 e. The van der Waals surface area contributed by atoms with E-state index in [1.807, 2.05) is 6.07 Å². The van der Waals surface area contributed by atoms with E-state index in [9.17, 15) is 0 Å². The van der Waals surface area contributed by atoms with Gasteiger partial charge in [-0.1, -0.05) is 36.4 Å². The summed E-state index contributed by atoms with van der Waals surface area (Å²) in [5.74, 6) is 0. The second kappa shape index (κ2) is 7.09. The Labute approximate surface area is 151 Å². The highest BCUT2D eigenvalue weighted by atomic mass is 15.2. The van der Waals surface area contributed by atoms with E-state index in [-0.39, 0.29) is 0 Å². The number of fused-ring (bicyclic) bond motifs is 1. The molecule has 0 amide bonds. The first kappa shape index (κ1) is 16.5. The average molecular weight is 335 g/mol. The van der Waals surface area contributed by atoms with Gasteiger partial charge in [0.05, 0.1) is 0 Å². The molecule has 0 bridgehead atoms. The van der Waals surface area contributed by atoms with Crippen molar-refractivity contribution >= 4 is 11.4 Å². The lowest BCUT2D eigenvalue weighted by Crippen LogP contribution is -2.37. The summed E-state index contributed by atoms with van der Waals surface area (Å²) in [6, 6.07) is 18.6. The summed E-state index contributed by atoms with van der Waals surface area (Å²) in [4.78, 5) is 5.16. The summed E-state index contributed by atoms with van der Waals surface area (Å²) < 4.78 is 0. The van der Waals surface area contributed by atoms with Gasteiger partial charge in [-0.25, -0.2) is 0 Å². The predicted molar refractivity (Wildman–Crippen MR) is 106 cm³/mol. The summed E-state index contributed by atoms with van der Waals surface area (Å²) in [5.41, 5.74) is 11.2. The molecule has 2 atom stereocenters. The van der Waals surface area contributed by atoms with Crippen molar-refractivity contribution in [2.45, 2.75) is 44.2 Å². The second-order valence-corrected chi connectivity index (χ2v) is 7.69.